The molecule has 0 fully saturated rings. The van der Waals surface area contributed by atoms with Crippen LogP contribution in [0.25, 0.3) is 5.69 Å². The van der Waals surface area contributed by atoms with Gasteiger partial charge in [-0.05, 0) is 60.1 Å². The Morgan fingerprint density at radius 2 is 2.16 bits per heavy atom. The summed E-state index contributed by atoms with van der Waals surface area (Å²) in [6, 6.07) is 7.84. The van der Waals surface area contributed by atoms with Crippen molar-refractivity contribution in [2.45, 2.75) is 26.6 Å². The normalized spacial score (nSPS) is 13.0. The van der Waals surface area contributed by atoms with E-state index in [2.05, 4.69) is 31.0 Å². The lowest BCUT2D eigenvalue weighted by Gasteiger charge is -2.17. The molecule has 0 aliphatic heterocycles. The van der Waals surface area contributed by atoms with Crippen LogP contribution in [0.4, 0.5) is 4.39 Å². The average Bonchev–Trinajstić information content (AvgIpc) is 3.14. The zero-order chi connectivity index (χ0) is 22.4. The molecule has 7 nitrogen and oxygen atoms in total. The minimum absolute atomic E-state index is 0.0799. The molecule has 31 heavy (non-hydrogen) atoms. The van der Waals surface area contributed by atoms with Gasteiger partial charge < -0.3 is 15.6 Å². The number of aliphatic hydroxyl groups is 1. The maximum Gasteiger partial charge on any atom is 0.139 e. The predicted molar refractivity (Wildman–Crippen MR) is 121 cm³/mol. The quantitative estimate of drug-likeness (QED) is 0.467. The fraction of sp³-hybridized carbons (Fsp3) is 0.227. The summed E-state index contributed by atoms with van der Waals surface area (Å²) in [6.45, 7) is 4.34. The van der Waals surface area contributed by atoms with Crippen LogP contribution in [0.15, 0.2) is 64.0 Å². The fourth-order valence-corrected chi connectivity index (χ4v) is 3.33. The minimum atomic E-state index is -1.06. The Labute approximate surface area is 188 Å². The number of hydrogen-bond donors (Lipinski definition) is 2. The Bertz CT molecular complexity index is 1110. The van der Waals surface area contributed by atoms with Crippen LogP contribution in [0.2, 0.25) is 0 Å². The van der Waals surface area contributed by atoms with Gasteiger partial charge >= 0.3 is 0 Å². The van der Waals surface area contributed by atoms with Crippen molar-refractivity contribution < 1.29 is 14.2 Å². The lowest BCUT2D eigenvalue weighted by atomic mass is 10.1. The van der Waals surface area contributed by atoms with E-state index >= 15 is 0 Å². The van der Waals surface area contributed by atoms with Crippen molar-refractivity contribution in [3.8, 4) is 11.4 Å². The molecular weight excluding hydrogens is 465 g/mol. The second kappa shape index (κ2) is 10.3. The van der Waals surface area contributed by atoms with Crippen LogP contribution in [-0.4, -0.2) is 32.6 Å². The summed E-state index contributed by atoms with van der Waals surface area (Å²) in [5, 5.41) is 15.4. The molecule has 162 valence electrons. The van der Waals surface area contributed by atoms with Crippen LogP contribution < -0.4 is 10.5 Å². The van der Waals surface area contributed by atoms with Crippen molar-refractivity contribution >= 4 is 22.1 Å². The van der Waals surface area contributed by atoms with Gasteiger partial charge in [-0.3, -0.25) is 9.98 Å². The molecule has 2 heterocycles. The first-order valence-electron chi connectivity index (χ1n) is 9.61. The number of pyridine rings is 1. The number of aromatic nitrogens is 3. The number of hydrogen-bond acceptors (Lipinski definition) is 6. The maximum atomic E-state index is 14.0. The summed E-state index contributed by atoms with van der Waals surface area (Å²) in [6.07, 6.45) is 5.00. The SMILES string of the molecule is CCN=CC(=CN)C(O)c1cc(C)nn1-c1ccc(F)cc1COc1cncc(Br)c1. The summed E-state index contributed by atoms with van der Waals surface area (Å²) in [4.78, 5) is 8.22. The zero-order valence-corrected chi connectivity index (χ0v) is 18.8. The molecule has 3 aromatic rings. The monoisotopic (exact) mass is 487 g/mol. The van der Waals surface area contributed by atoms with E-state index in [4.69, 9.17) is 10.5 Å². The molecule has 3 rings (SSSR count). The van der Waals surface area contributed by atoms with Crippen molar-refractivity contribution in [3.63, 3.8) is 0 Å². The van der Waals surface area contributed by atoms with E-state index in [0.29, 0.717) is 40.5 Å². The number of ether oxygens (including phenoxy) is 1. The van der Waals surface area contributed by atoms with Crippen LogP contribution in [0.3, 0.4) is 0 Å². The Hall–Kier alpha value is -3.04. The smallest absolute Gasteiger partial charge is 0.139 e. The molecule has 0 spiro atoms. The maximum absolute atomic E-state index is 14.0. The van der Waals surface area contributed by atoms with E-state index in [1.54, 1.807) is 35.3 Å². The second-order valence-electron chi connectivity index (χ2n) is 6.72. The highest BCUT2D eigenvalue weighted by atomic mass is 79.9. The van der Waals surface area contributed by atoms with E-state index in [1.807, 2.05) is 13.8 Å². The zero-order valence-electron chi connectivity index (χ0n) is 17.2. The Kier molecular flexibility index (Phi) is 7.54. The molecule has 1 atom stereocenters. The summed E-state index contributed by atoms with van der Waals surface area (Å²) < 4.78 is 22.2. The van der Waals surface area contributed by atoms with Crippen LogP contribution in [0, 0.1) is 12.7 Å². The van der Waals surface area contributed by atoms with Crippen molar-refractivity contribution in [1.29, 1.82) is 0 Å². The largest absolute Gasteiger partial charge is 0.487 e. The Morgan fingerprint density at radius 3 is 2.87 bits per heavy atom. The fourth-order valence-electron chi connectivity index (χ4n) is 2.99. The highest BCUT2D eigenvalue weighted by Crippen LogP contribution is 2.27. The number of aryl methyl sites for hydroxylation is 1. The lowest BCUT2D eigenvalue weighted by Crippen LogP contribution is -2.14. The first-order valence-corrected chi connectivity index (χ1v) is 10.4. The number of rotatable bonds is 8. The first-order chi connectivity index (χ1) is 14.9. The average molecular weight is 488 g/mol. The van der Waals surface area contributed by atoms with Crippen LogP contribution >= 0.6 is 15.9 Å². The van der Waals surface area contributed by atoms with Crippen LogP contribution in [0.1, 0.15) is 30.0 Å². The molecule has 0 saturated heterocycles. The van der Waals surface area contributed by atoms with E-state index in [-0.39, 0.29) is 6.61 Å². The minimum Gasteiger partial charge on any atom is -0.487 e. The molecule has 0 radical (unpaired) electrons. The molecule has 0 aliphatic rings. The van der Waals surface area contributed by atoms with Crippen LogP contribution in [0.5, 0.6) is 5.75 Å². The molecule has 0 amide bonds. The standard InChI is InChI=1S/C22H23BrFN5O2/c1-3-26-10-16(9-25)22(30)21-6-14(2)28-29(21)20-5-4-18(24)7-15(20)13-31-19-8-17(23)11-27-12-19/h4-12,22,30H,3,13,25H2,1-2H3. The third-order valence-electron chi connectivity index (χ3n) is 4.41. The van der Waals surface area contributed by atoms with Gasteiger partial charge in [-0.2, -0.15) is 5.10 Å². The van der Waals surface area contributed by atoms with Gasteiger partial charge in [-0.25, -0.2) is 9.07 Å². The number of aliphatic imine (C=N–C) groups is 1. The number of benzene rings is 1. The van der Waals surface area contributed by atoms with Crippen molar-refractivity contribution in [2.75, 3.05) is 6.54 Å². The number of aliphatic hydroxyl groups excluding tert-OH is 1. The van der Waals surface area contributed by atoms with Gasteiger partial charge in [-0.15, -0.1) is 0 Å². The molecular formula is C22H23BrFN5O2. The summed E-state index contributed by atoms with van der Waals surface area (Å²) in [5.74, 6) is 0.129. The highest BCUT2D eigenvalue weighted by Gasteiger charge is 2.21. The molecule has 1 unspecified atom stereocenters. The summed E-state index contributed by atoms with van der Waals surface area (Å²) >= 11 is 3.35. The third-order valence-corrected chi connectivity index (χ3v) is 4.85. The van der Waals surface area contributed by atoms with Gasteiger partial charge in [0.15, 0.2) is 0 Å². The van der Waals surface area contributed by atoms with Crippen molar-refractivity contribution in [1.82, 2.24) is 14.8 Å². The molecule has 0 bridgehead atoms. The van der Waals surface area contributed by atoms with E-state index in [0.717, 1.165) is 4.47 Å². The molecule has 0 saturated carbocycles. The van der Waals surface area contributed by atoms with Gasteiger partial charge in [0.05, 0.1) is 23.3 Å². The number of nitrogens with two attached hydrogens (primary N) is 1. The molecule has 2 aromatic heterocycles. The van der Waals surface area contributed by atoms with Gasteiger partial charge in [0.2, 0.25) is 0 Å². The highest BCUT2D eigenvalue weighted by molar-refractivity contribution is 9.10. The first kappa shape index (κ1) is 22.6. The molecule has 9 heteroatoms. The third kappa shape index (κ3) is 5.56. The summed E-state index contributed by atoms with van der Waals surface area (Å²) in [5.41, 5.74) is 8.43. The van der Waals surface area contributed by atoms with Gasteiger partial charge in [0.1, 0.15) is 24.3 Å². The Balaban J connectivity index is 1.99. The second-order valence-corrected chi connectivity index (χ2v) is 7.64. The molecule has 3 N–H and O–H groups in total. The summed E-state index contributed by atoms with van der Waals surface area (Å²) in [7, 11) is 0. The predicted octanol–water partition coefficient (Wildman–Crippen LogP) is 4.02. The number of halogens is 2. The van der Waals surface area contributed by atoms with E-state index in [1.165, 1.54) is 24.5 Å². The van der Waals surface area contributed by atoms with E-state index < -0.39 is 11.9 Å². The van der Waals surface area contributed by atoms with Gasteiger partial charge in [0, 0.05) is 40.8 Å². The lowest BCUT2D eigenvalue weighted by molar-refractivity contribution is 0.213. The van der Waals surface area contributed by atoms with Crippen LogP contribution in [-0.2, 0) is 6.61 Å². The van der Waals surface area contributed by atoms with Crippen molar-refractivity contribution in [2.24, 2.45) is 10.7 Å². The number of nitrogens with zero attached hydrogens (tertiary/aromatic N) is 4. The van der Waals surface area contributed by atoms with Gasteiger partial charge in [-0.1, -0.05) is 0 Å². The Morgan fingerprint density at radius 1 is 1.35 bits per heavy atom. The molecule has 0 aliphatic carbocycles. The van der Waals surface area contributed by atoms with E-state index in [9.17, 15) is 9.50 Å². The topological polar surface area (TPSA) is 98.6 Å². The van der Waals surface area contributed by atoms with Gasteiger partial charge in [0.25, 0.3) is 0 Å². The van der Waals surface area contributed by atoms with Crippen molar-refractivity contribution in [3.05, 3.63) is 81.7 Å². The molecule has 1 aromatic carbocycles.